The first-order valence-electron chi connectivity index (χ1n) is 17.0. The molecular formula is C47H36N2. The monoisotopic (exact) mass is 628 g/mol. The van der Waals surface area contributed by atoms with Crippen LogP contribution in [-0.4, -0.2) is 9.97 Å². The quantitative estimate of drug-likeness (QED) is 0.171. The van der Waals surface area contributed by atoms with E-state index in [0.717, 1.165) is 45.9 Å². The van der Waals surface area contributed by atoms with Crippen molar-refractivity contribution >= 4 is 33.2 Å². The second kappa shape index (κ2) is 13.2. The van der Waals surface area contributed by atoms with E-state index in [4.69, 9.17) is 9.97 Å². The molecule has 8 aromatic rings. The van der Waals surface area contributed by atoms with Crippen molar-refractivity contribution in [3.05, 3.63) is 180 Å². The van der Waals surface area contributed by atoms with Crippen molar-refractivity contribution in [3.8, 4) is 45.0 Å². The van der Waals surface area contributed by atoms with Crippen LogP contribution in [0.3, 0.4) is 0 Å². The van der Waals surface area contributed by atoms with E-state index in [-0.39, 0.29) is 0 Å². The van der Waals surface area contributed by atoms with Crippen molar-refractivity contribution in [2.45, 2.75) is 20.3 Å². The van der Waals surface area contributed by atoms with Crippen LogP contribution in [0, 0.1) is 0 Å². The van der Waals surface area contributed by atoms with Crippen LogP contribution in [0.15, 0.2) is 164 Å². The van der Waals surface area contributed by atoms with Gasteiger partial charge >= 0.3 is 0 Å². The molecule has 0 spiro atoms. The summed E-state index contributed by atoms with van der Waals surface area (Å²) < 4.78 is 0. The summed E-state index contributed by atoms with van der Waals surface area (Å²) in [6, 6.07) is 58.0. The lowest BCUT2D eigenvalue weighted by Crippen LogP contribution is -2.29. The summed E-state index contributed by atoms with van der Waals surface area (Å²) in [7, 11) is 0. The average molecular weight is 629 g/mol. The van der Waals surface area contributed by atoms with Crippen molar-refractivity contribution in [2.24, 2.45) is 0 Å². The minimum atomic E-state index is 0.719. The Hall–Kier alpha value is -6.12. The van der Waals surface area contributed by atoms with Crippen LogP contribution in [0.2, 0.25) is 0 Å². The first-order valence-corrected chi connectivity index (χ1v) is 17.0. The Labute approximate surface area is 287 Å². The lowest BCUT2D eigenvalue weighted by Gasteiger charge is -2.13. The van der Waals surface area contributed by atoms with Gasteiger partial charge in [-0.3, -0.25) is 0 Å². The van der Waals surface area contributed by atoms with Gasteiger partial charge in [0.15, 0.2) is 5.82 Å². The third-order valence-corrected chi connectivity index (χ3v) is 9.37. The second-order valence-electron chi connectivity index (χ2n) is 12.5. The minimum Gasteiger partial charge on any atom is -0.228 e. The molecule has 2 nitrogen and oxygen atoms in total. The fourth-order valence-corrected chi connectivity index (χ4v) is 6.99. The van der Waals surface area contributed by atoms with Crippen LogP contribution in [0.4, 0.5) is 0 Å². The van der Waals surface area contributed by atoms with Gasteiger partial charge in [-0.15, -0.1) is 0 Å². The van der Waals surface area contributed by atoms with E-state index in [2.05, 4.69) is 159 Å². The molecule has 0 fully saturated rings. The van der Waals surface area contributed by atoms with Crippen LogP contribution in [0.5, 0.6) is 0 Å². The molecular weight excluding hydrogens is 593 g/mol. The predicted octanol–water partition coefficient (Wildman–Crippen LogP) is 10.9. The number of rotatable bonds is 6. The molecule has 1 aromatic heterocycles. The fraction of sp³-hybridized carbons (Fsp3) is 0.0638. The third-order valence-electron chi connectivity index (χ3n) is 9.37. The van der Waals surface area contributed by atoms with Crippen LogP contribution < -0.4 is 10.4 Å². The Bertz CT molecular complexity index is 2530. The Morgan fingerprint density at radius 1 is 0.469 bits per heavy atom. The summed E-state index contributed by atoms with van der Waals surface area (Å²) in [4.78, 5) is 10.1. The van der Waals surface area contributed by atoms with Crippen LogP contribution in [0.1, 0.15) is 25.8 Å². The standard InChI is InChI=1S/C47H36N2/c1-3-16-42-40-26-11-10-25-39(40)41-27-12-13-28-43(41)46(42)32(2)35-21-14-22-36(29-35)37-23-15-24-38(30-37)45-31-44(33-17-6-4-7-18-33)48-47(49-45)34-19-8-5-9-20-34/h4-31H,3H2,1-2H3/b42-16-,46-32-. The molecule has 0 amide bonds. The van der Waals surface area contributed by atoms with Crippen LogP contribution in [0.25, 0.3) is 78.2 Å². The summed E-state index contributed by atoms with van der Waals surface area (Å²) in [6.07, 6.45) is 3.35. The van der Waals surface area contributed by atoms with E-state index in [1.54, 1.807) is 0 Å². The molecule has 1 heterocycles. The molecule has 0 unspecified atom stereocenters. The van der Waals surface area contributed by atoms with Gasteiger partial charge in [-0.1, -0.05) is 159 Å². The molecule has 0 saturated carbocycles. The smallest absolute Gasteiger partial charge is 0.160 e. The summed E-state index contributed by atoms with van der Waals surface area (Å²) in [5.41, 5.74) is 9.74. The highest BCUT2D eigenvalue weighted by Crippen LogP contribution is 2.31. The van der Waals surface area contributed by atoms with Gasteiger partial charge in [0.25, 0.3) is 0 Å². The molecule has 0 N–H and O–H groups in total. The van der Waals surface area contributed by atoms with E-state index >= 15 is 0 Å². The molecule has 0 radical (unpaired) electrons. The van der Waals surface area contributed by atoms with Crippen molar-refractivity contribution < 1.29 is 0 Å². The predicted molar refractivity (Wildman–Crippen MR) is 207 cm³/mol. The van der Waals surface area contributed by atoms with E-state index in [9.17, 15) is 0 Å². The maximum Gasteiger partial charge on any atom is 0.160 e. The highest BCUT2D eigenvalue weighted by atomic mass is 14.9. The summed E-state index contributed by atoms with van der Waals surface area (Å²) in [5.74, 6) is 0.719. The van der Waals surface area contributed by atoms with Gasteiger partial charge in [-0.25, -0.2) is 9.97 Å². The molecule has 8 rings (SSSR count). The molecule has 2 heteroatoms. The zero-order chi connectivity index (χ0) is 33.2. The zero-order valence-corrected chi connectivity index (χ0v) is 27.8. The van der Waals surface area contributed by atoms with Gasteiger partial charge in [0.2, 0.25) is 0 Å². The number of benzene rings is 7. The highest BCUT2D eigenvalue weighted by molar-refractivity contribution is 6.08. The molecule has 0 aliphatic rings. The Morgan fingerprint density at radius 3 is 1.67 bits per heavy atom. The third kappa shape index (κ3) is 5.83. The van der Waals surface area contributed by atoms with Gasteiger partial charge in [-0.2, -0.15) is 0 Å². The van der Waals surface area contributed by atoms with Gasteiger partial charge in [0.1, 0.15) is 0 Å². The Kier molecular flexibility index (Phi) is 8.13. The highest BCUT2D eigenvalue weighted by Gasteiger charge is 2.13. The molecule has 0 aliphatic carbocycles. The van der Waals surface area contributed by atoms with Crippen molar-refractivity contribution in [1.82, 2.24) is 9.97 Å². The van der Waals surface area contributed by atoms with Gasteiger partial charge in [0, 0.05) is 16.7 Å². The summed E-state index contributed by atoms with van der Waals surface area (Å²) in [6.45, 7) is 4.50. The van der Waals surface area contributed by atoms with E-state index in [1.165, 1.54) is 48.7 Å². The molecule has 0 saturated heterocycles. The van der Waals surface area contributed by atoms with E-state index in [1.807, 2.05) is 24.3 Å². The number of nitrogens with zero attached hydrogens (tertiary/aromatic N) is 2. The van der Waals surface area contributed by atoms with Crippen LogP contribution in [-0.2, 0) is 0 Å². The van der Waals surface area contributed by atoms with E-state index < -0.39 is 0 Å². The first kappa shape index (κ1) is 30.2. The minimum absolute atomic E-state index is 0.719. The Balaban J connectivity index is 1.28. The molecule has 7 aromatic carbocycles. The van der Waals surface area contributed by atoms with Crippen LogP contribution >= 0.6 is 0 Å². The summed E-state index contributed by atoms with van der Waals surface area (Å²) in [5, 5.41) is 7.81. The fourth-order valence-electron chi connectivity index (χ4n) is 6.99. The van der Waals surface area contributed by atoms with E-state index in [0.29, 0.717) is 0 Å². The normalized spacial score (nSPS) is 12.4. The maximum atomic E-state index is 5.08. The Morgan fingerprint density at radius 2 is 0.980 bits per heavy atom. The number of hydrogen-bond acceptors (Lipinski definition) is 2. The van der Waals surface area contributed by atoms with Gasteiger partial charge in [0.05, 0.1) is 11.4 Å². The SMILES string of the molecule is CC/C=c1\c(=C(/C)c2cccc(-c3cccc(-c4cc(-c5ccccc5)nc(-c5ccccc5)n4)c3)c2)c2ccccc2c2ccccc12. The number of hydrogen-bond donors (Lipinski definition) is 0. The lowest BCUT2D eigenvalue weighted by molar-refractivity contribution is 1.18. The summed E-state index contributed by atoms with van der Waals surface area (Å²) >= 11 is 0. The molecule has 0 bridgehead atoms. The first-order chi connectivity index (χ1) is 24.2. The topological polar surface area (TPSA) is 25.8 Å². The molecule has 0 atom stereocenters. The van der Waals surface area contributed by atoms with Crippen molar-refractivity contribution in [1.29, 1.82) is 0 Å². The van der Waals surface area contributed by atoms with Crippen molar-refractivity contribution in [3.63, 3.8) is 0 Å². The zero-order valence-electron chi connectivity index (χ0n) is 27.8. The average Bonchev–Trinajstić information content (AvgIpc) is 3.18. The van der Waals surface area contributed by atoms with Crippen molar-refractivity contribution in [2.75, 3.05) is 0 Å². The number of aromatic nitrogens is 2. The largest absolute Gasteiger partial charge is 0.228 e. The van der Waals surface area contributed by atoms with Gasteiger partial charge in [-0.05, 0) is 85.8 Å². The number of fused-ring (bicyclic) bond motifs is 3. The molecule has 0 aliphatic heterocycles. The molecule has 234 valence electrons. The lowest BCUT2D eigenvalue weighted by atomic mass is 9.92. The molecule has 49 heavy (non-hydrogen) atoms. The maximum absolute atomic E-state index is 5.08. The van der Waals surface area contributed by atoms with Gasteiger partial charge < -0.3 is 0 Å². The second-order valence-corrected chi connectivity index (χ2v) is 12.5.